The molecule has 0 spiro atoms. The number of benzene rings is 1. The van der Waals surface area contributed by atoms with E-state index in [1.165, 1.54) is 0 Å². The number of fused-ring (bicyclic) bond motifs is 1. The Morgan fingerprint density at radius 2 is 2.15 bits per heavy atom. The van der Waals surface area contributed by atoms with E-state index in [2.05, 4.69) is 4.98 Å². The number of nitrogens with two attached hydrogens (primary N) is 1. The van der Waals surface area contributed by atoms with E-state index in [0.717, 1.165) is 23.2 Å². The number of hydrogen-bond donors (Lipinski definition) is 1. The molecule has 1 aromatic heterocycles. The molecule has 0 aliphatic carbocycles. The summed E-state index contributed by atoms with van der Waals surface area (Å²) in [5, 5.41) is 0. The first kappa shape index (κ1) is 12.7. The van der Waals surface area contributed by atoms with Crippen molar-refractivity contribution in [3.63, 3.8) is 0 Å². The lowest BCUT2D eigenvalue weighted by atomic mass is 10.0. The lowest BCUT2D eigenvalue weighted by molar-refractivity contribution is 0.0733. The van der Waals surface area contributed by atoms with E-state index in [-0.39, 0.29) is 5.91 Å². The highest BCUT2D eigenvalue weighted by Gasteiger charge is 2.23. The summed E-state index contributed by atoms with van der Waals surface area (Å²) >= 11 is 0. The Balaban J connectivity index is 1.88. The fourth-order valence-corrected chi connectivity index (χ4v) is 2.59. The van der Waals surface area contributed by atoms with Crippen LogP contribution in [0.1, 0.15) is 27.2 Å². The van der Waals surface area contributed by atoms with Gasteiger partial charge in [0.05, 0.1) is 0 Å². The molecule has 0 saturated carbocycles. The van der Waals surface area contributed by atoms with Gasteiger partial charge in [-0.25, -0.2) is 0 Å². The van der Waals surface area contributed by atoms with E-state index in [4.69, 9.17) is 5.73 Å². The second kappa shape index (κ2) is 4.96. The number of rotatable bonds is 1. The third-order valence-electron chi connectivity index (χ3n) is 3.86. The molecule has 102 valence electrons. The van der Waals surface area contributed by atoms with Crippen molar-refractivity contribution in [2.45, 2.75) is 19.9 Å². The molecule has 0 atom stereocenters. The number of carbonyl (C=O) groups is 1. The quantitative estimate of drug-likeness (QED) is 0.806. The van der Waals surface area contributed by atoms with Crippen LogP contribution in [-0.2, 0) is 13.0 Å². The van der Waals surface area contributed by atoms with Gasteiger partial charge in [-0.2, -0.15) is 0 Å². The summed E-state index contributed by atoms with van der Waals surface area (Å²) in [6.07, 6.45) is 2.61. The van der Waals surface area contributed by atoms with Crippen LogP contribution in [0.4, 0.5) is 5.69 Å². The van der Waals surface area contributed by atoms with E-state index in [9.17, 15) is 4.79 Å². The van der Waals surface area contributed by atoms with Crippen LogP contribution >= 0.6 is 0 Å². The van der Waals surface area contributed by atoms with Gasteiger partial charge < -0.3 is 10.6 Å². The van der Waals surface area contributed by atoms with Gasteiger partial charge in [-0.3, -0.25) is 9.78 Å². The molecule has 2 N–H and O–H groups in total. The second-order valence-corrected chi connectivity index (χ2v) is 5.11. The van der Waals surface area contributed by atoms with Gasteiger partial charge in [0.1, 0.15) is 0 Å². The predicted octanol–water partition coefficient (Wildman–Crippen LogP) is 2.17. The fraction of sp³-hybridized carbons (Fsp3) is 0.250. The highest BCUT2D eigenvalue weighted by Crippen LogP contribution is 2.22. The predicted molar refractivity (Wildman–Crippen MR) is 78.3 cm³/mol. The topological polar surface area (TPSA) is 59.2 Å². The lowest BCUT2D eigenvalue weighted by Gasteiger charge is -2.28. The van der Waals surface area contributed by atoms with E-state index in [1.54, 1.807) is 6.20 Å². The van der Waals surface area contributed by atoms with Gasteiger partial charge in [0.15, 0.2) is 0 Å². The second-order valence-electron chi connectivity index (χ2n) is 5.11. The number of amides is 1. The summed E-state index contributed by atoms with van der Waals surface area (Å²) in [6.45, 7) is 3.22. The smallest absolute Gasteiger partial charge is 0.254 e. The minimum Gasteiger partial charge on any atom is -0.398 e. The average molecular weight is 267 g/mol. The number of aromatic nitrogens is 1. The molecule has 0 saturated heterocycles. The van der Waals surface area contributed by atoms with Crippen molar-refractivity contribution in [2.75, 3.05) is 12.3 Å². The van der Waals surface area contributed by atoms with Crippen LogP contribution in [0, 0.1) is 6.92 Å². The number of nitrogen functional groups attached to an aromatic ring is 1. The minimum absolute atomic E-state index is 0.0457. The maximum absolute atomic E-state index is 12.6. The zero-order valence-corrected chi connectivity index (χ0v) is 11.5. The summed E-state index contributed by atoms with van der Waals surface area (Å²) in [7, 11) is 0. The molecule has 2 aromatic rings. The maximum atomic E-state index is 12.6. The Morgan fingerprint density at radius 1 is 1.30 bits per heavy atom. The average Bonchev–Trinajstić information content (AvgIpc) is 2.49. The molecular formula is C16H17N3O. The molecule has 0 bridgehead atoms. The first-order chi connectivity index (χ1) is 9.66. The van der Waals surface area contributed by atoms with Gasteiger partial charge in [0.25, 0.3) is 5.91 Å². The van der Waals surface area contributed by atoms with Crippen LogP contribution in [0.2, 0.25) is 0 Å². The molecule has 4 nitrogen and oxygen atoms in total. The molecule has 4 heteroatoms. The van der Waals surface area contributed by atoms with Crippen molar-refractivity contribution >= 4 is 11.6 Å². The van der Waals surface area contributed by atoms with Crippen molar-refractivity contribution in [1.82, 2.24) is 9.88 Å². The molecular weight excluding hydrogens is 250 g/mol. The first-order valence-corrected chi connectivity index (χ1v) is 6.74. The Hall–Kier alpha value is -2.36. The first-order valence-electron chi connectivity index (χ1n) is 6.74. The monoisotopic (exact) mass is 267 g/mol. The van der Waals surface area contributed by atoms with E-state index in [1.807, 2.05) is 42.2 Å². The van der Waals surface area contributed by atoms with Crippen LogP contribution < -0.4 is 5.73 Å². The Bertz CT molecular complexity index is 667. The summed E-state index contributed by atoms with van der Waals surface area (Å²) in [6, 6.07) is 9.44. The largest absolute Gasteiger partial charge is 0.398 e. The van der Waals surface area contributed by atoms with Crippen LogP contribution in [0.25, 0.3) is 0 Å². The highest BCUT2D eigenvalue weighted by atomic mass is 16.2. The SMILES string of the molecule is Cc1c(N)cccc1C(=O)N1CCc2ncccc2C1. The lowest BCUT2D eigenvalue weighted by Crippen LogP contribution is -2.36. The van der Waals surface area contributed by atoms with Gasteiger partial charge in [-0.15, -0.1) is 0 Å². The Kier molecular flexibility index (Phi) is 3.14. The van der Waals surface area contributed by atoms with Crippen molar-refractivity contribution in [1.29, 1.82) is 0 Å². The molecule has 1 aliphatic rings. The van der Waals surface area contributed by atoms with Gasteiger partial charge in [-0.1, -0.05) is 12.1 Å². The number of pyridine rings is 1. The van der Waals surface area contributed by atoms with Gasteiger partial charge in [-0.05, 0) is 36.2 Å². The van der Waals surface area contributed by atoms with Crippen molar-refractivity contribution in [3.05, 3.63) is 58.9 Å². The van der Waals surface area contributed by atoms with E-state index < -0.39 is 0 Å². The number of hydrogen-bond acceptors (Lipinski definition) is 3. The number of anilines is 1. The maximum Gasteiger partial charge on any atom is 0.254 e. The van der Waals surface area contributed by atoms with Gasteiger partial charge in [0, 0.05) is 42.7 Å². The zero-order valence-electron chi connectivity index (χ0n) is 11.5. The van der Waals surface area contributed by atoms with Crippen molar-refractivity contribution in [2.24, 2.45) is 0 Å². The molecule has 0 radical (unpaired) electrons. The molecule has 3 rings (SSSR count). The standard InChI is InChI=1S/C16H17N3O/c1-11-13(5-2-6-14(11)17)16(20)19-9-7-15-12(10-19)4-3-8-18-15/h2-6,8H,7,9-10,17H2,1H3. The summed E-state index contributed by atoms with van der Waals surface area (Å²) in [5.74, 6) is 0.0457. The van der Waals surface area contributed by atoms with Crippen molar-refractivity contribution < 1.29 is 4.79 Å². The zero-order chi connectivity index (χ0) is 14.1. The highest BCUT2D eigenvalue weighted by molar-refractivity contribution is 5.97. The van der Waals surface area contributed by atoms with Gasteiger partial charge in [0.2, 0.25) is 0 Å². The van der Waals surface area contributed by atoms with E-state index >= 15 is 0 Å². The number of carbonyl (C=O) groups excluding carboxylic acids is 1. The molecule has 0 unspecified atom stereocenters. The summed E-state index contributed by atoms with van der Waals surface area (Å²) in [4.78, 5) is 18.9. The van der Waals surface area contributed by atoms with Gasteiger partial charge >= 0.3 is 0 Å². The van der Waals surface area contributed by atoms with Crippen molar-refractivity contribution in [3.8, 4) is 0 Å². The van der Waals surface area contributed by atoms with E-state index in [0.29, 0.717) is 24.3 Å². The molecule has 1 aliphatic heterocycles. The molecule has 1 aromatic carbocycles. The minimum atomic E-state index is 0.0457. The summed E-state index contributed by atoms with van der Waals surface area (Å²) in [5.41, 5.74) is 10.3. The van der Waals surface area contributed by atoms with Crippen LogP contribution in [0.15, 0.2) is 36.5 Å². The normalized spacial score (nSPS) is 13.9. The Morgan fingerprint density at radius 3 is 3.00 bits per heavy atom. The fourth-order valence-electron chi connectivity index (χ4n) is 2.59. The third kappa shape index (κ3) is 2.13. The molecule has 0 fully saturated rings. The van der Waals surface area contributed by atoms with Crippen LogP contribution in [0.5, 0.6) is 0 Å². The Labute approximate surface area is 118 Å². The van der Waals surface area contributed by atoms with Crippen LogP contribution in [0.3, 0.4) is 0 Å². The van der Waals surface area contributed by atoms with Crippen LogP contribution in [-0.4, -0.2) is 22.3 Å². The molecule has 1 amide bonds. The summed E-state index contributed by atoms with van der Waals surface area (Å²) < 4.78 is 0. The number of nitrogens with zero attached hydrogens (tertiary/aromatic N) is 2. The third-order valence-corrected chi connectivity index (χ3v) is 3.86. The molecule has 20 heavy (non-hydrogen) atoms. The molecule has 2 heterocycles.